The molecule has 2 aromatic rings. The van der Waals surface area contributed by atoms with Crippen molar-refractivity contribution in [3.8, 4) is 0 Å². The molecule has 20 heavy (non-hydrogen) atoms. The van der Waals surface area contributed by atoms with Crippen molar-refractivity contribution in [2.24, 2.45) is 5.73 Å². The minimum atomic E-state index is 0. The number of benzene rings is 1. The molecular weight excluding hydrogens is 297 g/mol. The smallest absolute Gasteiger partial charge is 0.439 e. The first-order valence-electron chi connectivity index (χ1n) is 5.66. The van der Waals surface area contributed by atoms with Gasteiger partial charge in [0.05, 0.1) is 6.20 Å². The van der Waals surface area contributed by atoms with Crippen molar-refractivity contribution in [3.05, 3.63) is 48.2 Å². The fourth-order valence-electron chi connectivity index (χ4n) is 1.54. The van der Waals surface area contributed by atoms with Crippen LogP contribution in [-0.2, 0) is 0 Å². The van der Waals surface area contributed by atoms with Gasteiger partial charge in [-0.05, 0) is 25.1 Å². The summed E-state index contributed by atoms with van der Waals surface area (Å²) in [6.45, 7) is 2.06. The van der Waals surface area contributed by atoms with Gasteiger partial charge in [0.1, 0.15) is 5.82 Å². The third-order valence-corrected chi connectivity index (χ3v) is 2.44. The Morgan fingerprint density at radius 2 is 1.80 bits per heavy atom. The molecule has 5 nitrogen and oxygen atoms in total. The maximum Gasteiger partial charge on any atom is 0.439 e. The van der Waals surface area contributed by atoms with Gasteiger partial charge in [-0.1, -0.05) is 17.7 Å². The van der Waals surface area contributed by atoms with Crippen LogP contribution >= 0.6 is 0 Å². The van der Waals surface area contributed by atoms with Crippen molar-refractivity contribution >= 4 is 23.2 Å². The maximum absolute atomic E-state index is 5.40. The summed E-state index contributed by atoms with van der Waals surface area (Å²) in [6.07, 6.45) is 1.72. The Kier molecular flexibility index (Phi) is 7.61. The first-order chi connectivity index (χ1) is 8.63. The van der Waals surface area contributed by atoms with Crippen LogP contribution in [0.2, 0.25) is 0 Å². The number of anilines is 2. The predicted octanol–water partition coefficient (Wildman–Crippen LogP) is -6.59. The van der Waals surface area contributed by atoms with E-state index in [0.29, 0.717) is 0 Å². The summed E-state index contributed by atoms with van der Waals surface area (Å²) in [5, 5.41) is 10.3. The van der Waals surface area contributed by atoms with Crippen molar-refractivity contribution in [3.63, 3.8) is 0 Å². The van der Waals surface area contributed by atoms with E-state index < -0.39 is 0 Å². The minimum Gasteiger partial charge on any atom is -1.00 e. The molecule has 0 aliphatic carbocycles. The Morgan fingerprint density at radius 3 is 2.30 bits per heavy atom. The quantitative estimate of drug-likeness (QED) is 0.335. The molecule has 7 N–H and O–H groups in total. The Labute approximate surface area is 130 Å². The van der Waals surface area contributed by atoms with Gasteiger partial charge in [0.2, 0.25) is 0 Å². The average Bonchev–Trinajstić information content (AvgIpc) is 2.34. The van der Waals surface area contributed by atoms with Gasteiger partial charge in [-0.15, -0.1) is 0 Å². The summed E-state index contributed by atoms with van der Waals surface area (Å²) in [5.41, 5.74) is 8.51. The highest BCUT2D eigenvalue weighted by Gasteiger charge is 2.03. The average molecular weight is 314 g/mol. The summed E-state index contributed by atoms with van der Waals surface area (Å²) in [7, 11) is 0. The maximum atomic E-state index is 5.40. The van der Waals surface area contributed by atoms with E-state index in [1.807, 2.05) is 24.3 Å². The lowest BCUT2D eigenvalue weighted by Crippen LogP contribution is -3.00. The first-order valence-corrected chi connectivity index (χ1v) is 5.66. The van der Waals surface area contributed by atoms with Crippen LogP contribution in [0.3, 0.4) is 0 Å². The Balaban J connectivity index is 0.00000180. The van der Waals surface area contributed by atoms with E-state index in [-0.39, 0.29) is 30.8 Å². The molecule has 108 valence electrons. The number of guanidine groups is 1. The van der Waals surface area contributed by atoms with E-state index >= 15 is 0 Å². The van der Waals surface area contributed by atoms with E-state index in [2.05, 4.69) is 29.4 Å². The lowest BCUT2D eigenvalue weighted by Gasteiger charge is -2.05. The molecule has 0 fully saturated rings. The fraction of sp³-hybridized carbons (Fsp3) is 0.0769. The van der Waals surface area contributed by atoms with Crippen molar-refractivity contribution in [1.82, 2.24) is 4.98 Å². The van der Waals surface area contributed by atoms with Crippen LogP contribution in [0, 0.1) is 6.92 Å². The zero-order chi connectivity index (χ0) is 13.0. The summed E-state index contributed by atoms with van der Waals surface area (Å²) in [4.78, 5) is 4.28. The number of nitrogens with zero attached hydrogens (tertiary/aromatic N) is 1. The predicted molar refractivity (Wildman–Crippen MR) is 71.4 cm³/mol. The summed E-state index contributed by atoms with van der Waals surface area (Å²) < 4.78 is 0. The first kappa shape index (κ1) is 18.2. The normalized spacial score (nSPS) is 9.05. The van der Waals surface area contributed by atoms with Gasteiger partial charge < -0.3 is 30.1 Å². The molecule has 1 heterocycles. The molecule has 0 saturated heterocycles. The Morgan fingerprint density at radius 1 is 1.15 bits per heavy atom. The zero-order valence-electron chi connectivity index (χ0n) is 11.0. The van der Waals surface area contributed by atoms with Gasteiger partial charge in [-0.2, -0.15) is 0 Å². The molecule has 1 aromatic heterocycles. The molecule has 0 aliphatic rings. The number of hydrogen-bond donors (Lipinski definition) is 4. The highest BCUT2D eigenvalue weighted by Crippen LogP contribution is 2.15. The number of rotatable bonds is 3. The number of aryl methyl sites for hydroxylation is 1. The van der Waals surface area contributed by atoms with E-state index in [4.69, 9.17) is 11.1 Å². The summed E-state index contributed by atoms with van der Waals surface area (Å²) >= 11 is 0. The molecule has 0 aliphatic heterocycles. The van der Waals surface area contributed by atoms with Crippen LogP contribution in [0.5, 0.6) is 0 Å². The van der Waals surface area contributed by atoms with Crippen molar-refractivity contribution in [2.45, 2.75) is 6.92 Å². The number of hydrogen-bond acceptors (Lipinski definition) is 2. The number of aromatic nitrogens is 1. The van der Waals surface area contributed by atoms with Gasteiger partial charge in [-0.25, -0.2) is 21.4 Å². The summed E-state index contributed by atoms with van der Waals surface area (Å²) in [6, 6.07) is 11.9. The van der Waals surface area contributed by atoms with Crippen LogP contribution < -0.4 is 46.6 Å². The van der Waals surface area contributed by atoms with Gasteiger partial charge in [0.15, 0.2) is 5.69 Å². The SMILES string of the molecule is Cc1ccc(Nc2ccc([NH2+]C(N)=[NH2+])cn2)cc1.[Cl-].[Cl-]. The molecule has 0 unspecified atom stereocenters. The molecule has 7 heteroatoms. The van der Waals surface area contributed by atoms with Gasteiger partial charge >= 0.3 is 5.96 Å². The zero-order valence-corrected chi connectivity index (χ0v) is 12.5. The molecule has 2 rings (SSSR count). The monoisotopic (exact) mass is 313 g/mol. The molecule has 0 atom stereocenters. The Hall–Kier alpha value is -1.82. The fourth-order valence-corrected chi connectivity index (χ4v) is 1.54. The van der Waals surface area contributed by atoms with Gasteiger partial charge in [-0.3, -0.25) is 0 Å². The Bertz CT molecular complexity index is 540. The number of nitrogens with two attached hydrogens (primary N) is 3. The lowest BCUT2D eigenvalue weighted by atomic mass is 10.2. The van der Waals surface area contributed by atoms with E-state index in [9.17, 15) is 0 Å². The third-order valence-electron chi connectivity index (χ3n) is 2.44. The van der Waals surface area contributed by atoms with Crippen molar-refractivity contribution in [1.29, 1.82) is 0 Å². The van der Waals surface area contributed by atoms with E-state index in [1.165, 1.54) is 5.56 Å². The van der Waals surface area contributed by atoms with Gasteiger partial charge in [0, 0.05) is 11.8 Å². The molecule has 0 spiro atoms. The number of quaternary nitrogens is 1. The van der Waals surface area contributed by atoms with Crippen LogP contribution in [-0.4, -0.2) is 10.9 Å². The van der Waals surface area contributed by atoms with Crippen LogP contribution in [0.25, 0.3) is 0 Å². The third kappa shape index (κ3) is 5.44. The molecule has 0 bridgehead atoms. The number of pyridine rings is 1. The largest absolute Gasteiger partial charge is 1.00 e. The van der Waals surface area contributed by atoms with Crippen molar-refractivity contribution in [2.75, 3.05) is 5.32 Å². The topological polar surface area (TPSA) is 93.1 Å². The standard InChI is InChI=1S/C13H15N5.2ClH/c1-9-2-4-10(5-3-9)17-12-7-6-11(8-16-12)18-13(14)15;;/h2-8H,1H3,(H,16,17)(H4,14,15,18);2*1H. The van der Waals surface area contributed by atoms with Crippen molar-refractivity contribution < 1.29 is 35.5 Å². The highest BCUT2D eigenvalue weighted by molar-refractivity contribution is 5.63. The number of nitrogens with one attached hydrogen (secondary N) is 1. The number of halogens is 2. The highest BCUT2D eigenvalue weighted by atomic mass is 35.5. The lowest BCUT2D eigenvalue weighted by molar-refractivity contribution is -0.483. The molecule has 0 radical (unpaired) electrons. The second-order valence-corrected chi connectivity index (χ2v) is 4.11. The second kappa shape index (κ2) is 8.37. The second-order valence-electron chi connectivity index (χ2n) is 4.11. The molecule has 1 aromatic carbocycles. The molecule has 0 saturated carbocycles. The minimum absolute atomic E-state index is 0. The van der Waals surface area contributed by atoms with E-state index in [0.717, 1.165) is 17.2 Å². The van der Waals surface area contributed by atoms with E-state index in [1.54, 1.807) is 11.5 Å². The van der Waals surface area contributed by atoms with Gasteiger partial charge in [0.25, 0.3) is 0 Å². The summed E-state index contributed by atoms with van der Waals surface area (Å²) in [5.74, 6) is 1.06. The molecular formula is C13H17Cl2N5. The van der Waals surface area contributed by atoms with Crippen LogP contribution in [0.4, 0.5) is 17.2 Å². The molecule has 0 amide bonds. The van der Waals surface area contributed by atoms with Crippen LogP contribution in [0.15, 0.2) is 42.6 Å². The van der Waals surface area contributed by atoms with Crippen LogP contribution in [0.1, 0.15) is 5.56 Å².